The zero-order valence-corrected chi connectivity index (χ0v) is 14.9. The van der Waals surface area contributed by atoms with Crippen LogP contribution in [-0.4, -0.2) is 31.6 Å². The molecule has 1 aliphatic heterocycles. The molecule has 1 aromatic carbocycles. The largest absolute Gasteiger partial charge is 0.423 e. The molecule has 1 aliphatic rings. The Morgan fingerprint density at radius 3 is 3.12 bits per heavy atom. The zero-order valence-electron chi connectivity index (χ0n) is 14.1. The van der Waals surface area contributed by atoms with Crippen molar-refractivity contribution in [3.8, 4) is 0 Å². The van der Waals surface area contributed by atoms with Crippen molar-refractivity contribution in [3.63, 3.8) is 0 Å². The van der Waals surface area contributed by atoms with E-state index in [0.717, 1.165) is 11.9 Å². The molecule has 3 aromatic rings. The standard InChI is InChI=1S/C18H19N3O3S/c1-21(2)18-20-13-4-3-12(9-14(13)24-18)19-16(22)10-15-17-11(5-7-23-15)6-8-25-17/h3-4,6,8-9,15H,5,7,10H2,1-2H3,(H,19,22)/t15-/m0/s1. The van der Waals surface area contributed by atoms with Gasteiger partial charge in [0, 0.05) is 30.7 Å². The van der Waals surface area contributed by atoms with Gasteiger partial charge in [0.15, 0.2) is 5.58 Å². The number of nitrogens with zero attached hydrogens (tertiary/aromatic N) is 2. The Bertz CT molecular complexity index is 915. The number of oxazole rings is 1. The minimum Gasteiger partial charge on any atom is -0.423 e. The number of rotatable bonds is 4. The van der Waals surface area contributed by atoms with Crippen LogP contribution in [0.1, 0.15) is 23.0 Å². The van der Waals surface area contributed by atoms with Crippen LogP contribution in [0.3, 0.4) is 0 Å². The molecule has 0 saturated carbocycles. The molecule has 0 bridgehead atoms. The van der Waals surface area contributed by atoms with E-state index >= 15 is 0 Å². The highest BCUT2D eigenvalue weighted by Gasteiger charge is 2.24. The number of carbonyl (C=O) groups is 1. The maximum Gasteiger partial charge on any atom is 0.297 e. The summed E-state index contributed by atoms with van der Waals surface area (Å²) in [5.74, 6) is -0.0713. The normalized spacial score (nSPS) is 16.6. The average molecular weight is 357 g/mol. The quantitative estimate of drug-likeness (QED) is 0.773. The molecule has 25 heavy (non-hydrogen) atoms. The van der Waals surface area contributed by atoms with Crippen molar-refractivity contribution in [1.29, 1.82) is 0 Å². The van der Waals surface area contributed by atoms with Gasteiger partial charge in [0.25, 0.3) is 6.01 Å². The maximum atomic E-state index is 12.4. The van der Waals surface area contributed by atoms with Crippen molar-refractivity contribution in [1.82, 2.24) is 4.98 Å². The van der Waals surface area contributed by atoms with Crippen LogP contribution < -0.4 is 10.2 Å². The molecule has 1 N–H and O–H groups in total. The van der Waals surface area contributed by atoms with E-state index in [2.05, 4.69) is 21.7 Å². The van der Waals surface area contributed by atoms with Gasteiger partial charge in [-0.2, -0.15) is 4.98 Å². The Morgan fingerprint density at radius 1 is 1.40 bits per heavy atom. The van der Waals surface area contributed by atoms with Crippen molar-refractivity contribution in [2.24, 2.45) is 0 Å². The van der Waals surface area contributed by atoms with Crippen molar-refractivity contribution >= 4 is 40.0 Å². The molecule has 0 aliphatic carbocycles. The Labute approximate surface area is 149 Å². The van der Waals surface area contributed by atoms with E-state index in [4.69, 9.17) is 9.15 Å². The first-order valence-corrected chi connectivity index (χ1v) is 9.04. The fraction of sp³-hybridized carbons (Fsp3) is 0.333. The predicted molar refractivity (Wildman–Crippen MR) is 98.3 cm³/mol. The highest BCUT2D eigenvalue weighted by Crippen LogP contribution is 2.34. The molecule has 0 unspecified atom stereocenters. The van der Waals surface area contributed by atoms with E-state index in [1.54, 1.807) is 22.3 Å². The summed E-state index contributed by atoms with van der Waals surface area (Å²) in [5.41, 5.74) is 3.41. The molecule has 1 atom stereocenters. The summed E-state index contributed by atoms with van der Waals surface area (Å²) in [6.45, 7) is 0.666. The number of aromatic nitrogens is 1. The van der Waals surface area contributed by atoms with Crippen LogP contribution in [0, 0.1) is 0 Å². The van der Waals surface area contributed by atoms with E-state index in [-0.39, 0.29) is 12.0 Å². The first-order chi connectivity index (χ1) is 12.1. The van der Waals surface area contributed by atoms with E-state index < -0.39 is 0 Å². The fourth-order valence-corrected chi connectivity index (χ4v) is 3.94. The molecule has 7 heteroatoms. The SMILES string of the molecule is CN(C)c1nc2ccc(NC(=O)C[C@@H]3OCCc4ccsc43)cc2o1. The van der Waals surface area contributed by atoms with Crippen molar-refractivity contribution in [2.75, 3.05) is 30.9 Å². The average Bonchev–Trinajstić information content (AvgIpc) is 3.21. The van der Waals surface area contributed by atoms with Crippen LogP contribution in [0.15, 0.2) is 34.1 Å². The molecule has 1 amide bonds. The van der Waals surface area contributed by atoms with Gasteiger partial charge in [-0.1, -0.05) is 0 Å². The Balaban J connectivity index is 1.47. The zero-order chi connectivity index (χ0) is 17.4. The monoisotopic (exact) mass is 357 g/mol. The van der Waals surface area contributed by atoms with Crippen molar-refractivity contribution in [2.45, 2.75) is 18.9 Å². The van der Waals surface area contributed by atoms with Crippen molar-refractivity contribution < 1.29 is 13.9 Å². The third kappa shape index (κ3) is 3.25. The van der Waals surface area contributed by atoms with Gasteiger partial charge < -0.3 is 19.4 Å². The lowest BCUT2D eigenvalue weighted by Crippen LogP contribution is -2.21. The summed E-state index contributed by atoms with van der Waals surface area (Å²) in [6, 6.07) is 8.13. The molecule has 4 rings (SSSR count). The van der Waals surface area contributed by atoms with Crippen LogP contribution in [0.25, 0.3) is 11.1 Å². The van der Waals surface area contributed by atoms with Gasteiger partial charge in [0.05, 0.1) is 13.0 Å². The first-order valence-electron chi connectivity index (χ1n) is 8.16. The Kier molecular flexibility index (Phi) is 4.19. The summed E-state index contributed by atoms with van der Waals surface area (Å²) in [6.07, 6.45) is 1.08. The van der Waals surface area contributed by atoms with Gasteiger partial charge in [-0.05, 0) is 35.6 Å². The lowest BCUT2D eigenvalue weighted by atomic mass is 10.1. The van der Waals surface area contributed by atoms with E-state index in [9.17, 15) is 4.79 Å². The summed E-state index contributed by atoms with van der Waals surface area (Å²) < 4.78 is 11.5. The van der Waals surface area contributed by atoms with E-state index in [1.165, 1.54) is 10.4 Å². The number of amides is 1. The lowest BCUT2D eigenvalue weighted by molar-refractivity contribution is -0.119. The summed E-state index contributed by atoms with van der Waals surface area (Å²) in [7, 11) is 3.74. The lowest BCUT2D eigenvalue weighted by Gasteiger charge is -2.22. The summed E-state index contributed by atoms with van der Waals surface area (Å²) in [4.78, 5) is 19.8. The molecule has 0 fully saturated rings. The molecule has 6 nitrogen and oxygen atoms in total. The maximum absolute atomic E-state index is 12.4. The number of hydrogen-bond acceptors (Lipinski definition) is 6. The Morgan fingerprint density at radius 2 is 2.28 bits per heavy atom. The number of carbonyl (C=O) groups excluding carboxylic acids is 1. The number of nitrogens with one attached hydrogen (secondary N) is 1. The molecular weight excluding hydrogens is 338 g/mol. The minimum absolute atomic E-state index is 0.0713. The molecule has 0 saturated heterocycles. The number of thiophene rings is 1. The number of fused-ring (bicyclic) bond motifs is 2. The number of ether oxygens (including phenoxy) is 1. The number of benzene rings is 1. The van der Waals surface area contributed by atoms with Crippen molar-refractivity contribution in [3.05, 3.63) is 40.1 Å². The molecule has 130 valence electrons. The van der Waals surface area contributed by atoms with Crippen LogP contribution in [-0.2, 0) is 16.0 Å². The highest BCUT2D eigenvalue weighted by molar-refractivity contribution is 7.10. The number of hydrogen-bond donors (Lipinski definition) is 1. The van der Waals surface area contributed by atoms with Crippen LogP contribution >= 0.6 is 11.3 Å². The first kappa shape index (κ1) is 16.1. The molecular formula is C18H19N3O3S. The summed E-state index contributed by atoms with van der Waals surface area (Å²) in [5, 5.41) is 4.99. The van der Waals surface area contributed by atoms with Crippen LogP contribution in [0.2, 0.25) is 0 Å². The van der Waals surface area contributed by atoms with Gasteiger partial charge in [0.2, 0.25) is 5.91 Å². The van der Waals surface area contributed by atoms with Gasteiger partial charge in [-0.3, -0.25) is 4.79 Å². The highest BCUT2D eigenvalue weighted by atomic mass is 32.1. The van der Waals surface area contributed by atoms with Crippen LogP contribution in [0.5, 0.6) is 0 Å². The number of anilines is 2. The smallest absolute Gasteiger partial charge is 0.297 e. The molecule has 0 radical (unpaired) electrons. The van der Waals surface area contributed by atoms with Gasteiger partial charge in [-0.25, -0.2) is 0 Å². The summed E-state index contributed by atoms with van der Waals surface area (Å²) >= 11 is 1.66. The second kappa shape index (κ2) is 6.50. The second-order valence-electron chi connectivity index (χ2n) is 6.25. The predicted octanol–water partition coefficient (Wildman–Crippen LogP) is 3.60. The minimum atomic E-state index is -0.155. The van der Waals surface area contributed by atoms with Gasteiger partial charge in [-0.15, -0.1) is 11.3 Å². The molecule has 3 heterocycles. The Hall–Kier alpha value is -2.38. The third-order valence-corrected chi connectivity index (χ3v) is 5.23. The van der Waals surface area contributed by atoms with E-state index in [1.807, 2.05) is 26.2 Å². The second-order valence-corrected chi connectivity index (χ2v) is 7.19. The molecule has 2 aromatic heterocycles. The third-order valence-electron chi connectivity index (χ3n) is 4.18. The topological polar surface area (TPSA) is 67.6 Å². The fourth-order valence-electron chi connectivity index (χ4n) is 2.94. The van der Waals surface area contributed by atoms with E-state index in [0.29, 0.717) is 30.3 Å². The van der Waals surface area contributed by atoms with Crippen LogP contribution in [0.4, 0.5) is 11.7 Å². The van der Waals surface area contributed by atoms with Gasteiger partial charge >= 0.3 is 0 Å². The molecule has 0 spiro atoms. The van der Waals surface area contributed by atoms with Gasteiger partial charge in [0.1, 0.15) is 11.6 Å².